The van der Waals surface area contributed by atoms with E-state index in [4.69, 9.17) is 4.74 Å². The van der Waals surface area contributed by atoms with Crippen molar-refractivity contribution < 1.29 is 14.3 Å². The zero-order valence-electron chi connectivity index (χ0n) is 16.3. The van der Waals surface area contributed by atoms with E-state index in [0.717, 1.165) is 32.5 Å². The average molecular weight is 428 g/mol. The highest BCUT2D eigenvalue weighted by molar-refractivity contribution is 8.00. The fraction of sp³-hybridized carbons (Fsp3) is 0.190. The minimum atomic E-state index is -0.115. The second-order valence-electron chi connectivity index (χ2n) is 6.19. The smallest absolute Gasteiger partial charge is 0.236 e. The van der Waals surface area contributed by atoms with Gasteiger partial charge < -0.3 is 15.4 Å². The Hall–Kier alpha value is -2.84. The number of methoxy groups -OCH3 is 1. The van der Waals surface area contributed by atoms with E-state index in [-0.39, 0.29) is 17.6 Å². The van der Waals surface area contributed by atoms with Crippen LogP contribution in [0.25, 0.3) is 11.3 Å². The highest BCUT2D eigenvalue weighted by Gasteiger charge is 2.12. The van der Waals surface area contributed by atoms with Gasteiger partial charge in [0.2, 0.25) is 11.8 Å². The molecule has 0 aliphatic heterocycles. The number of hydrogen-bond acceptors (Lipinski definition) is 6. The molecule has 3 aromatic rings. The second-order valence-corrected chi connectivity index (χ2v) is 8.45. The summed E-state index contributed by atoms with van der Waals surface area (Å²) in [5, 5.41) is 6.17. The number of thioether (sulfide) groups is 1. The van der Waals surface area contributed by atoms with Gasteiger partial charge in [0.25, 0.3) is 0 Å². The summed E-state index contributed by atoms with van der Waals surface area (Å²) in [5.74, 6) is 0.835. The van der Waals surface area contributed by atoms with E-state index in [0.29, 0.717) is 5.13 Å². The van der Waals surface area contributed by atoms with E-state index in [2.05, 4.69) is 15.6 Å². The van der Waals surface area contributed by atoms with Crippen LogP contribution in [0, 0.1) is 6.92 Å². The van der Waals surface area contributed by atoms with Gasteiger partial charge in [-0.2, -0.15) is 0 Å². The molecule has 2 aromatic carbocycles. The van der Waals surface area contributed by atoms with Crippen molar-refractivity contribution in [2.24, 2.45) is 0 Å². The highest BCUT2D eigenvalue weighted by Crippen LogP contribution is 2.31. The zero-order valence-corrected chi connectivity index (χ0v) is 17.9. The maximum atomic E-state index is 12.3. The first kappa shape index (κ1) is 20.9. The Kier molecular flexibility index (Phi) is 6.90. The predicted octanol–water partition coefficient (Wildman–Crippen LogP) is 4.82. The molecule has 0 aliphatic carbocycles. The number of nitrogens with zero attached hydrogens (tertiary/aromatic N) is 1. The number of carbonyl (C=O) groups excluding carboxylic acids is 2. The molecule has 0 bridgehead atoms. The molecule has 1 heterocycles. The molecular weight excluding hydrogens is 406 g/mol. The number of nitrogens with one attached hydrogen (secondary N) is 2. The third-order valence-corrected chi connectivity index (χ3v) is 5.85. The first-order chi connectivity index (χ1) is 13.9. The van der Waals surface area contributed by atoms with Crippen molar-refractivity contribution in [1.82, 2.24) is 4.98 Å². The fourth-order valence-electron chi connectivity index (χ4n) is 2.61. The first-order valence-corrected chi connectivity index (χ1v) is 10.7. The van der Waals surface area contributed by atoms with E-state index >= 15 is 0 Å². The van der Waals surface area contributed by atoms with Crippen molar-refractivity contribution in [3.63, 3.8) is 0 Å². The van der Waals surface area contributed by atoms with Crippen LogP contribution in [0.3, 0.4) is 0 Å². The number of aryl methyl sites for hydroxylation is 1. The summed E-state index contributed by atoms with van der Waals surface area (Å²) in [4.78, 5) is 29.9. The van der Waals surface area contributed by atoms with Crippen LogP contribution in [0.15, 0.2) is 53.4 Å². The summed E-state index contributed by atoms with van der Waals surface area (Å²) in [5.41, 5.74) is 2.57. The van der Waals surface area contributed by atoms with E-state index in [1.165, 1.54) is 30.0 Å². The first-order valence-electron chi connectivity index (χ1n) is 8.87. The number of amides is 2. The molecule has 0 spiro atoms. The maximum Gasteiger partial charge on any atom is 0.236 e. The molecule has 2 N–H and O–H groups in total. The molecule has 0 radical (unpaired) electrons. The van der Waals surface area contributed by atoms with Gasteiger partial charge in [0.15, 0.2) is 5.13 Å². The molecule has 2 amide bonds. The number of benzene rings is 2. The summed E-state index contributed by atoms with van der Waals surface area (Å²) in [6.07, 6.45) is 0. The molecule has 0 atom stereocenters. The lowest BCUT2D eigenvalue weighted by Crippen LogP contribution is -2.13. The van der Waals surface area contributed by atoms with Gasteiger partial charge in [-0.15, -0.1) is 23.1 Å². The van der Waals surface area contributed by atoms with E-state index in [1.807, 2.05) is 55.5 Å². The lowest BCUT2D eigenvalue weighted by atomic mass is 10.1. The number of rotatable bonds is 7. The molecule has 0 fully saturated rings. The molecule has 0 aliphatic rings. The molecule has 8 heteroatoms. The van der Waals surface area contributed by atoms with Gasteiger partial charge in [0.1, 0.15) is 5.75 Å². The molecule has 6 nitrogen and oxygen atoms in total. The van der Waals surface area contributed by atoms with Crippen molar-refractivity contribution in [2.45, 2.75) is 18.7 Å². The quantitative estimate of drug-likeness (QED) is 0.529. The van der Waals surface area contributed by atoms with Crippen molar-refractivity contribution >= 4 is 45.7 Å². The molecule has 0 saturated heterocycles. The predicted molar refractivity (Wildman–Crippen MR) is 119 cm³/mol. The van der Waals surface area contributed by atoms with E-state index < -0.39 is 0 Å². The van der Waals surface area contributed by atoms with Crippen LogP contribution in [0.2, 0.25) is 0 Å². The Morgan fingerprint density at radius 1 is 1.07 bits per heavy atom. The lowest BCUT2D eigenvalue weighted by molar-refractivity contribution is -0.114. The monoisotopic (exact) mass is 427 g/mol. The minimum Gasteiger partial charge on any atom is -0.497 e. The molecule has 1 aromatic heterocycles. The second kappa shape index (κ2) is 9.58. The normalized spacial score (nSPS) is 10.4. The average Bonchev–Trinajstić information content (AvgIpc) is 3.07. The van der Waals surface area contributed by atoms with Gasteiger partial charge in [0, 0.05) is 27.9 Å². The molecule has 150 valence electrons. The van der Waals surface area contributed by atoms with Gasteiger partial charge in [-0.05, 0) is 55.5 Å². The van der Waals surface area contributed by atoms with Crippen molar-refractivity contribution in [1.29, 1.82) is 0 Å². The maximum absolute atomic E-state index is 12.3. The zero-order chi connectivity index (χ0) is 20.8. The Balaban J connectivity index is 1.57. The largest absolute Gasteiger partial charge is 0.497 e. The van der Waals surface area contributed by atoms with Crippen LogP contribution in [0.4, 0.5) is 10.8 Å². The Morgan fingerprint density at radius 2 is 1.76 bits per heavy atom. The van der Waals surface area contributed by atoms with Gasteiger partial charge in [-0.1, -0.05) is 0 Å². The summed E-state index contributed by atoms with van der Waals surface area (Å²) in [6.45, 7) is 3.45. The van der Waals surface area contributed by atoms with Crippen molar-refractivity contribution in [3.05, 3.63) is 53.4 Å². The van der Waals surface area contributed by atoms with Crippen molar-refractivity contribution in [2.75, 3.05) is 23.5 Å². The molecule has 0 unspecified atom stereocenters. The number of carbonyl (C=O) groups is 2. The van der Waals surface area contributed by atoms with Gasteiger partial charge in [-0.25, -0.2) is 4.98 Å². The fourth-order valence-corrected chi connectivity index (χ4v) is 4.16. The SMILES string of the molecule is COc1ccc(-c2nc(NC(=O)CSc3ccc(NC(C)=O)cc3)sc2C)cc1. The topological polar surface area (TPSA) is 80.3 Å². The van der Waals surface area contributed by atoms with Crippen LogP contribution < -0.4 is 15.4 Å². The van der Waals surface area contributed by atoms with Gasteiger partial charge in [-0.3, -0.25) is 9.59 Å². The Bertz CT molecular complexity index is 999. The van der Waals surface area contributed by atoms with Crippen LogP contribution >= 0.6 is 23.1 Å². The Morgan fingerprint density at radius 3 is 2.38 bits per heavy atom. The third kappa shape index (κ3) is 5.82. The standard InChI is InChI=1S/C21H21N3O3S2/c1-13-20(15-4-8-17(27-3)9-5-15)24-21(29-13)23-19(26)12-28-18-10-6-16(7-11-18)22-14(2)25/h4-11H,12H2,1-3H3,(H,22,25)(H,23,24,26). The van der Waals surface area contributed by atoms with Crippen LogP contribution in [-0.2, 0) is 9.59 Å². The van der Waals surface area contributed by atoms with Crippen LogP contribution in [-0.4, -0.2) is 29.7 Å². The third-order valence-electron chi connectivity index (χ3n) is 3.95. The van der Waals surface area contributed by atoms with Crippen molar-refractivity contribution in [3.8, 4) is 17.0 Å². The van der Waals surface area contributed by atoms with E-state index in [1.54, 1.807) is 7.11 Å². The van der Waals surface area contributed by atoms with Crippen LogP contribution in [0.5, 0.6) is 5.75 Å². The molecule has 29 heavy (non-hydrogen) atoms. The van der Waals surface area contributed by atoms with Gasteiger partial charge >= 0.3 is 0 Å². The summed E-state index contributed by atoms with van der Waals surface area (Å²) >= 11 is 2.88. The van der Waals surface area contributed by atoms with Gasteiger partial charge in [0.05, 0.1) is 18.6 Å². The number of aromatic nitrogens is 1. The molecule has 3 rings (SSSR count). The minimum absolute atomic E-state index is 0.113. The molecular formula is C21H21N3O3S2. The number of thiazole rings is 1. The number of ether oxygens (including phenoxy) is 1. The summed E-state index contributed by atoms with van der Waals surface area (Å²) < 4.78 is 5.18. The summed E-state index contributed by atoms with van der Waals surface area (Å²) in [6, 6.07) is 15.1. The number of anilines is 2. The Labute approximate surface area is 177 Å². The van der Waals surface area contributed by atoms with Crippen LogP contribution in [0.1, 0.15) is 11.8 Å². The molecule has 0 saturated carbocycles. The summed E-state index contributed by atoms with van der Waals surface area (Å²) in [7, 11) is 1.63. The highest BCUT2D eigenvalue weighted by atomic mass is 32.2. The lowest BCUT2D eigenvalue weighted by Gasteiger charge is -2.05. The van der Waals surface area contributed by atoms with E-state index in [9.17, 15) is 9.59 Å². The number of hydrogen-bond donors (Lipinski definition) is 2.